The number of carboxylic acid groups (broad SMARTS) is 1. The molecule has 1 aromatic carbocycles. The topological polar surface area (TPSA) is 49.8 Å². The minimum absolute atomic E-state index is 0.234. The van der Waals surface area contributed by atoms with E-state index in [-0.39, 0.29) is 6.42 Å². The molecule has 1 N–H and O–H groups in total. The van der Waals surface area contributed by atoms with Gasteiger partial charge in [0, 0.05) is 13.1 Å². The summed E-state index contributed by atoms with van der Waals surface area (Å²) in [5.74, 6) is -0.179. The molecule has 0 aromatic heterocycles. The van der Waals surface area contributed by atoms with Gasteiger partial charge in [-0.2, -0.15) is 0 Å². The first-order valence-corrected chi connectivity index (χ1v) is 6.80. The summed E-state index contributed by atoms with van der Waals surface area (Å²) in [6.07, 6.45) is 1.34. The van der Waals surface area contributed by atoms with Crippen molar-refractivity contribution >= 4 is 5.97 Å². The predicted molar refractivity (Wildman–Crippen MR) is 72.9 cm³/mol. The predicted octanol–water partition coefficient (Wildman–Crippen LogP) is 2.00. The second-order valence-corrected chi connectivity index (χ2v) is 5.10. The number of benzene rings is 1. The maximum absolute atomic E-state index is 10.5. The molecule has 0 spiro atoms. The van der Waals surface area contributed by atoms with E-state index in [1.165, 1.54) is 5.56 Å². The van der Waals surface area contributed by atoms with Gasteiger partial charge in [0.25, 0.3) is 0 Å². The maximum Gasteiger partial charge on any atom is 0.304 e. The van der Waals surface area contributed by atoms with Crippen molar-refractivity contribution in [3.8, 4) is 0 Å². The summed E-state index contributed by atoms with van der Waals surface area (Å²) in [6, 6.07) is 10.2. The van der Waals surface area contributed by atoms with Crippen molar-refractivity contribution in [3.63, 3.8) is 0 Å². The van der Waals surface area contributed by atoms with Gasteiger partial charge in [-0.3, -0.25) is 4.79 Å². The van der Waals surface area contributed by atoms with E-state index in [2.05, 4.69) is 17.0 Å². The van der Waals surface area contributed by atoms with Crippen LogP contribution in [0.15, 0.2) is 30.3 Å². The molecular weight excluding hydrogens is 242 g/mol. The zero-order valence-electron chi connectivity index (χ0n) is 11.1. The molecule has 1 saturated heterocycles. The van der Waals surface area contributed by atoms with Gasteiger partial charge in [0.05, 0.1) is 19.6 Å². The Kier molecular flexibility index (Phi) is 5.36. The first-order valence-electron chi connectivity index (χ1n) is 6.80. The number of carboxylic acids is 1. The quantitative estimate of drug-likeness (QED) is 0.817. The van der Waals surface area contributed by atoms with Gasteiger partial charge >= 0.3 is 5.97 Å². The number of hydrogen-bond acceptors (Lipinski definition) is 3. The van der Waals surface area contributed by atoms with Crippen molar-refractivity contribution in [1.82, 2.24) is 4.90 Å². The summed E-state index contributed by atoms with van der Waals surface area (Å²) in [6.45, 7) is 4.03. The van der Waals surface area contributed by atoms with Crippen LogP contribution in [0.3, 0.4) is 0 Å². The maximum atomic E-state index is 10.5. The number of aliphatic carboxylic acids is 1. The highest BCUT2D eigenvalue weighted by atomic mass is 16.5. The van der Waals surface area contributed by atoms with Gasteiger partial charge in [-0.25, -0.2) is 0 Å². The monoisotopic (exact) mass is 263 g/mol. The number of likely N-dealkylation sites (tertiary alicyclic amines) is 1. The zero-order chi connectivity index (χ0) is 13.5. The van der Waals surface area contributed by atoms with Crippen molar-refractivity contribution in [2.24, 2.45) is 5.92 Å². The Morgan fingerprint density at radius 1 is 1.37 bits per heavy atom. The molecule has 0 amide bonds. The first kappa shape index (κ1) is 14.0. The second kappa shape index (κ2) is 7.26. The molecule has 0 saturated carbocycles. The van der Waals surface area contributed by atoms with Crippen LogP contribution in [0.1, 0.15) is 18.4 Å². The number of carbonyl (C=O) groups is 1. The Morgan fingerprint density at radius 3 is 2.89 bits per heavy atom. The summed E-state index contributed by atoms with van der Waals surface area (Å²) in [4.78, 5) is 12.7. The van der Waals surface area contributed by atoms with Crippen molar-refractivity contribution < 1.29 is 14.6 Å². The third-order valence-electron chi connectivity index (χ3n) is 3.48. The summed E-state index contributed by atoms with van der Waals surface area (Å²) in [5.41, 5.74) is 1.20. The molecule has 1 fully saturated rings. The third-order valence-corrected chi connectivity index (χ3v) is 3.48. The van der Waals surface area contributed by atoms with Crippen molar-refractivity contribution in [1.29, 1.82) is 0 Å². The lowest BCUT2D eigenvalue weighted by Gasteiger charge is -2.14. The van der Waals surface area contributed by atoms with Gasteiger partial charge in [0.15, 0.2) is 0 Å². The minimum atomic E-state index is -0.719. The summed E-state index contributed by atoms with van der Waals surface area (Å²) in [5, 5.41) is 8.66. The zero-order valence-corrected chi connectivity index (χ0v) is 11.1. The molecule has 0 bridgehead atoms. The van der Waals surface area contributed by atoms with Crippen LogP contribution in [0.2, 0.25) is 0 Å². The number of hydrogen-bond donors (Lipinski definition) is 1. The van der Waals surface area contributed by atoms with E-state index in [0.29, 0.717) is 19.1 Å². The van der Waals surface area contributed by atoms with E-state index in [0.717, 1.165) is 26.1 Å². The molecule has 1 aromatic rings. The van der Waals surface area contributed by atoms with Crippen LogP contribution in [0.25, 0.3) is 0 Å². The van der Waals surface area contributed by atoms with Crippen LogP contribution >= 0.6 is 0 Å². The van der Waals surface area contributed by atoms with Gasteiger partial charge in [-0.05, 0) is 24.4 Å². The Morgan fingerprint density at radius 2 is 2.16 bits per heavy atom. The first-order chi connectivity index (χ1) is 9.24. The lowest BCUT2D eigenvalue weighted by Crippen LogP contribution is -2.24. The molecule has 4 heteroatoms. The highest BCUT2D eigenvalue weighted by molar-refractivity contribution is 5.66. The van der Waals surface area contributed by atoms with Crippen LogP contribution in [0, 0.1) is 5.92 Å². The molecule has 19 heavy (non-hydrogen) atoms. The second-order valence-electron chi connectivity index (χ2n) is 5.10. The third kappa shape index (κ3) is 5.01. The highest BCUT2D eigenvalue weighted by Gasteiger charge is 2.22. The largest absolute Gasteiger partial charge is 0.481 e. The average molecular weight is 263 g/mol. The molecule has 1 heterocycles. The van der Waals surface area contributed by atoms with E-state index in [1.807, 2.05) is 18.2 Å². The summed E-state index contributed by atoms with van der Waals surface area (Å²) < 4.78 is 5.73. The van der Waals surface area contributed by atoms with E-state index < -0.39 is 5.97 Å². The number of nitrogens with zero attached hydrogens (tertiary/aromatic N) is 1. The number of rotatable bonds is 7. The fourth-order valence-electron chi connectivity index (χ4n) is 2.42. The van der Waals surface area contributed by atoms with Crippen LogP contribution in [0.4, 0.5) is 0 Å². The lowest BCUT2D eigenvalue weighted by atomic mass is 10.1. The van der Waals surface area contributed by atoms with E-state index in [1.54, 1.807) is 0 Å². The molecule has 1 aliphatic rings. The van der Waals surface area contributed by atoms with Gasteiger partial charge in [0.2, 0.25) is 0 Å². The fourth-order valence-corrected chi connectivity index (χ4v) is 2.42. The van der Waals surface area contributed by atoms with Gasteiger partial charge in [0.1, 0.15) is 0 Å². The summed E-state index contributed by atoms with van der Waals surface area (Å²) in [7, 11) is 0. The van der Waals surface area contributed by atoms with Crippen LogP contribution < -0.4 is 0 Å². The Bertz CT molecular complexity index is 394. The molecule has 4 nitrogen and oxygen atoms in total. The standard InChI is InChI=1S/C15H21NO3/c17-15(18)7-9-16-8-6-14(10-16)12-19-11-13-4-2-1-3-5-13/h1-5,14H,6-12H2,(H,17,18)/t14-/m1/s1. The van der Waals surface area contributed by atoms with Gasteiger partial charge in [-0.15, -0.1) is 0 Å². The Balaban J connectivity index is 1.61. The molecule has 104 valence electrons. The molecule has 0 unspecified atom stereocenters. The lowest BCUT2D eigenvalue weighted by molar-refractivity contribution is -0.137. The van der Waals surface area contributed by atoms with Crippen LogP contribution in [-0.2, 0) is 16.1 Å². The molecule has 1 atom stereocenters. The van der Waals surface area contributed by atoms with Gasteiger partial charge in [-0.1, -0.05) is 30.3 Å². The normalized spacial score (nSPS) is 19.7. The van der Waals surface area contributed by atoms with E-state index >= 15 is 0 Å². The Hall–Kier alpha value is -1.39. The van der Waals surface area contributed by atoms with Crippen molar-refractivity contribution in [2.75, 3.05) is 26.2 Å². The van der Waals surface area contributed by atoms with Crippen molar-refractivity contribution in [2.45, 2.75) is 19.4 Å². The SMILES string of the molecule is O=C(O)CCN1CC[C@@H](COCc2ccccc2)C1. The average Bonchev–Trinajstić information content (AvgIpc) is 2.86. The molecular formula is C15H21NO3. The highest BCUT2D eigenvalue weighted by Crippen LogP contribution is 2.17. The van der Waals surface area contributed by atoms with Crippen LogP contribution in [-0.4, -0.2) is 42.2 Å². The molecule has 2 rings (SSSR count). The molecule has 0 radical (unpaired) electrons. The molecule has 1 aliphatic heterocycles. The van der Waals surface area contributed by atoms with E-state index in [4.69, 9.17) is 9.84 Å². The van der Waals surface area contributed by atoms with Gasteiger partial charge < -0.3 is 14.7 Å². The van der Waals surface area contributed by atoms with E-state index in [9.17, 15) is 4.79 Å². The van der Waals surface area contributed by atoms with Crippen LogP contribution in [0.5, 0.6) is 0 Å². The Labute approximate surface area is 114 Å². The number of ether oxygens (including phenoxy) is 1. The fraction of sp³-hybridized carbons (Fsp3) is 0.533. The summed E-state index contributed by atoms with van der Waals surface area (Å²) >= 11 is 0. The molecule has 0 aliphatic carbocycles. The minimum Gasteiger partial charge on any atom is -0.481 e. The van der Waals surface area contributed by atoms with Crippen molar-refractivity contribution in [3.05, 3.63) is 35.9 Å². The smallest absolute Gasteiger partial charge is 0.304 e.